The van der Waals surface area contributed by atoms with Gasteiger partial charge in [0.15, 0.2) is 0 Å². The molecule has 0 unspecified atom stereocenters. The summed E-state index contributed by atoms with van der Waals surface area (Å²) in [5, 5.41) is 1.20. The van der Waals surface area contributed by atoms with Crippen LogP contribution in [0.5, 0.6) is 0 Å². The molecule has 0 spiro atoms. The van der Waals surface area contributed by atoms with Crippen LogP contribution in [-0.4, -0.2) is 9.55 Å². The smallest absolute Gasteiger partial charge is 0.0780 e. The molecule has 0 saturated heterocycles. The van der Waals surface area contributed by atoms with Gasteiger partial charge in [0, 0.05) is 36.1 Å². The number of benzene rings is 2. The monoisotopic (exact) mass is 352 g/mol. The van der Waals surface area contributed by atoms with Gasteiger partial charge in [-0.1, -0.05) is 44.2 Å². The van der Waals surface area contributed by atoms with Gasteiger partial charge in [0.1, 0.15) is 0 Å². The fourth-order valence-corrected chi connectivity index (χ4v) is 3.41. The predicted molar refractivity (Wildman–Crippen MR) is 116 cm³/mol. The molecule has 0 aliphatic rings. The van der Waals surface area contributed by atoms with E-state index in [9.17, 15) is 0 Å². The standard InChI is InChI=1S/C25H24N2/c1-18(2)22-16-21-9-5-13-26-25(21)24(17-22)20-8-4-7-19(15-20)11-12-23-10-6-14-27(23)3/h4-18H,1-3H3/b12-11+. The van der Waals surface area contributed by atoms with Gasteiger partial charge in [-0.3, -0.25) is 4.98 Å². The van der Waals surface area contributed by atoms with E-state index >= 15 is 0 Å². The zero-order chi connectivity index (χ0) is 18.8. The molecule has 0 N–H and O–H groups in total. The lowest BCUT2D eigenvalue weighted by Crippen LogP contribution is -1.92. The van der Waals surface area contributed by atoms with Gasteiger partial charge in [0.05, 0.1) is 5.52 Å². The molecule has 2 aromatic carbocycles. The van der Waals surface area contributed by atoms with E-state index in [-0.39, 0.29) is 0 Å². The van der Waals surface area contributed by atoms with Crippen LogP contribution < -0.4 is 0 Å². The molecule has 2 nitrogen and oxygen atoms in total. The molecule has 0 bridgehead atoms. The summed E-state index contributed by atoms with van der Waals surface area (Å²) < 4.78 is 2.11. The molecule has 0 saturated carbocycles. The Morgan fingerprint density at radius 3 is 2.59 bits per heavy atom. The maximum Gasteiger partial charge on any atom is 0.0780 e. The molecular formula is C25H24N2. The van der Waals surface area contributed by atoms with E-state index in [0.717, 1.165) is 5.52 Å². The highest BCUT2D eigenvalue weighted by Gasteiger charge is 2.10. The lowest BCUT2D eigenvalue weighted by Gasteiger charge is -2.12. The highest BCUT2D eigenvalue weighted by Crippen LogP contribution is 2.32. The van der Waals surface area contributed by atoms with Crippen molar-refractivity contribution in [3.05, 3.63) is 89.9 Å². The fourth-order valence-electron chi connectivity index (χ4n) is 3.41. The molecule has 27 heavy (non-hydrogen) atoms. The molecule has 0 aliphatic carbocycles. The van der Waals surface area contributed by atoms with Crippen LogP contribution in [0.1, 0.15) is 36.6 Å². The quantitative estimate of drug-likeness (QED) is 0.408. The van der Waals surface area contributed by atoms with Gasteiger partial charge in [-0.15, -0.1) is 0 Å². The lowest BCUT2D eigenvalue weighted by molar-refractivity contribution is 0.869. The average Bonchev–Trinajstić information content (AvgIpc) is 3.10. The minimum absolute atomic E-state index is 0.480. The van der Waals surface area contributed by atoms with Gasteiger partial charge in [0.25, 0.3) is 0 Å². The number of rotatable bonds is 4. The summed E-state index contributed by atoms with van der Waals surface area (Å²) in [6, 6.07) is 21.6. The predicted octanol–water partition coefficient (Wildman–Crippen LogP) is 6.53. The van der Waals surface area contributed by atoms with Crippen molar-refractivity contribution >= 4 is 23.1 Å². The summed E-state index contributed by atoms with van der Waals surface area (Å²) in [4.78, 5) is 4.66. The molecule has 2 aromatic heterocycles. The second-order valence-corrected chi connectivity index (χ2v) is 7.30. The minimum atomic E-state index is 0.480. The second-order valence-electron chi connectivity index (χ2n) is 7.30. The van der Waals surface area contributed by atoms with Crippen LogP contribution in [0.4, 0.5) is 0 Å². The van der Waals surface area contributed by atoms with Crippen LogP contribution in [0.3, 0.4) is 0 Å². The Morgan fingerprint density at radius 1 is 0.926 bits per heavy atom. The Balaban J connectivity index is 1.80. The highest BCUT2D eigenvalue weighted by atomic mass is 14.9. The third kappa shape index (κ3) is 3.56. The summed E-state index contributed by atoms with van der Waals surface area (Å²) in [7, 11) is 2.06. The van der Waals surface area contributed by atoms with Crippen molar-refractivity contribution in [1.29, 1.82) is 0 Å². The number of aryl methyl sites for hydroxylation is 1. The molecule has 2 heterocycles. The van der Waals surface area contributed by atoms with Gasteiger partial charge in [-0.2, -0.15) is 0 Å². The van der Waals surface area contributed by atoms with Gasteiger partial charge in [-0.05, 0) is 65.1 Å². The minimum Gasteiger partial charge on any atom is -0.351 e. The Bertz CT molecular complexity index is 1120. The Labute approximate surface area is 160 Å². The first-order chi connectivity index (χ1) is 13.1. The number of hydrogen-bond donors (Lipinski definition) is 0. The summed E-state index contributed by atoms with van der Waals surface area (Å²) >= 11 is 0. The van der Waals surface area contributed by atoms with Crippen molar-refractivity contribution in [2.45, 2.75) is 19.8 Å². The maximum atomic E-state index is 4.66. The van der Waals surface area contributed by atoms with Gasteiger partial charge in [-0.25, -0.2) is 0 Å². The summed E-state index contributed by atoms with van der Waals surface area (Å²) in [6.07, 6.45) is 8.26. The third-order valence-corrected chi connectivity index (χ3v) is 5.02. The van der Waals surface area contributed by atoms with E-state index in [1.807, 2.05) is 12.3 Å². The van der Waals surface area contributed by atoms with Crippen LogP contribution in [0.2, 0.25) is 0 Å². The van der Waals surface area contributed by atoms with Crippen molar-refractivity contribution in [3.8, 4) is 11.1 Å². The van der Waals surface area contributed by atoms with E-state index in [1.165, 1.54) is 33.3 Å². The fraction of sp³-hybridized carbons (Fsp3) is 0.160. The second kappa shape index (κ2) is 7.24. The number of nitrogens with zero attached hydrogens (tertiary/aromatic N) is 2. The number of hydrogen-bond acceptors (Lipinski definition) is 1. The summed E-state index contributed by atoms with van der Waals surface area (Å²) in [5.74, 6) is 0.480. The normalized spacial score (nSPS) is 11.7. The molecule has 4 rings (SSSR count). The summed E-state index contributed by atoms with van der Waals surface area (Å²) in [5.41, 5.74) is 7.18. The molecule has 0 aliphatic heterocycles. The molecule has 0 atom stereocenters. The Kier molecular flexibility index (Phi) is 4.64. The van der Waals surface area contributed by atoms with Crippen LogP contribution in [0.15, 0.2) is 73.1 Å². The molecule has 0 radical (unpaired) electrons. The zero-order valence-electron chi connectivity index (χ0n) is 16.1. The third-order valence-electron chi connectivity index (χ3n) is 5.02. The topological polar surface area (TPSA) is 17.8 Å². The van der Waals surface area contributed by atoms with Crippen LogP contribution in [0, 0.1) is 0 Å². The van der Waals surface area contributed by atoms with Crippen molar-refractivity contribution in [2.24, 2.45) is 7.05 Å². The van der Waals surface area contributed by atoms with Crippen molar-refractivity contribution in [1.82, 2.24) is 9.55 Å². The average molecular weight is 352 g/mol. The molecule has 2 heteroatoms. The first kappa shape index (κ1) is 17.3. The van der Waals surface area contributed by atoms with Crippen LogP contribution in [-0.2, 0) is 7.05 Å². The molecule has 0 amide bonds. The number of aromatic nitrogens is 2. The van der Waals surface area contributed by atoms with Gasteiger partial charge < -0.3 is 4.57 Å². The van der Waals surface area contributed by atoms with Gasteiger partial charge in [0.2, 0.25) is 0 Å². The largest absolute Gasteiger partial charge is 0.351 e. The molecule has 4 aromatic rings. The Hall–Kier alpha value is -3.13. The SMILES string of the molecule is CC(C)c1cc(-c2cccc(/C=C/c3cccn3C)c2)c2ncccc2c1. The van der Waals surface area contributed by atoms with Crippen LogP contribution >= 0.6 is 0 Å². The van der Waals surface area contributed by atoms with E-state index in [2.05, 4.69) is 103 Å². The molecule has 134 valence electrons. The first-order valence-corrected chi connectivity index (χ1v) is 9.40. The van der Waals surface area contributed by atoms with Crippen LogP contribution in [0.25, 0.3) is 34.2 Å². The molecular weight excluding hydrogens is 328 g/mol. The van der Waals surface area contributed by atoms with Crippen molar-refractivity contribution in [3.63, 3.8) is 0 Å². The lowest BCUT2D eigenvalue weighted by atomic mass is 9.93. The highest BCUT2D eigenvalue weighted by molar-refractivity contribution is 5.94. The van der Waals surface area contributed by atoms with E-state index in [0.29, 0.717) is 5.92 Å². The number of fused-ring (bicyclic) bond motifs is 1. The van der Waals surface area contributed by atoms with Gasteiger partial charge >= 0.3 is 0 Å². The zero-order valence-corrected chi connectivity index (χ0v) is 16.1. The maximum absolute atomic E-state index is 4.66. The van der Waals surface area contributed by atoms with Crippen molar-refractivity contribution in [2.75, 3.05) is 0 Å². The van der Waals surface area contributed by atoms with Crippen molar-refractivity contribution < 1.29 is 0 Å². The molecule has 0 fully saturated rings. The first-order valence-electron chi connectivity index (χ1n) is 9.40. The van der Waals surface area contributed by atoms with E-state index in [1.54, 1.807) is 0 Å². The number of pyridine rings is 1. The van der Waals surface area contributed by atoms with E-state index in [4.69, 9.17) is 0 Å². The van der Waals surface area contributed by atoms with E-state index < -0.39 is 0 Å². The summed E-state index contributed by atoms with van der Waals surface area (Å²) in [6.45, 7) is 4.47. The Morgan fingerprint density at radius 2 is 1.81 bits per heavy atom.